The van der Waals surface area contributed by atoms with Gasteiger partial charge in [-0.2, -0.15) is 0 Å². The van der Waals surface area contributed by atoms with Gasteiger partial charge in [0.15, 0.2) is 6.61 Å². The first-order chi connectivity index (χ1) is 10.6. The molecule has 2 N–H and O–H groups in total. The van der Waals surface area contributed by atoms with E-state index in [-0.39, 0.29) is 17.8 Å². The number of aromatic nitrogens is 1. The van der Waals surface area contributed by atoms with Crippen molar-refractivity contribution >= 4 is 29.2 Å². The van der Waals surface area contributed by atoms with Gasteiger partial charge in [-0.15, -0.1) is 0 Å². The smallest absolute Gasteiger partial charge is 0.321 e. The fourth-order valence-corrected chi connectivity index (χ4v) is 2.39. The summed E-state index contributed by atoms with van der Waals surface area (Å²) in [6.07, 6.45) is -0.0288. The van der Waals surface area contributed by atoms with Crippen LogP contribution in [0.2, 0.25) is 0 Å². The number of hydrogen-bond acceptors (Lipinski definition) is 6. The Bertz CT molecular complexity index is 642. The zero-order valence-electron chi connectivity index (χ0n) is 13.6. The molecule has 0 aliphatic rings. The minimum atomic E-state index is -0.719. The lowest BCUT2D eigenvalue weighted by Gasteiger charge is -2.20. The second kappa shape index (κ2) is 7.91. The van der Waals surface area contributed by atoms with Gasteiger partial charge in [0.2, 0.25) is 0 Å². The third-order valence-electron chi connectivity index (χ3n) is 2.62. The molecule has 3 amide bonds. The standard InChI is InChI=1S/C14H21N3O5S/c1-9-8-23-13(21)17(9)6-5-11(19)22-7-10(18)15-12(20)16-14(2,3)4/h8H,5-7H2,1-4H3,(H2,15,16,18,20). The van der Waals surface area contributed by atoms with Crippen LogP contribution in [-0.2, 0) is 20.9 Å². The molecule has 1 aromatic heterocycles. The summed E-state index contributed by atoms with van der Waals surface area (Å²) in [6.45, 7) is 6.72. The monoisotopic (exact) mass is 343 g/mol. The van der Waals surface area contributed by atoms with E-state index in [9.17, 15) is 19.2 Å². The first kappa shape index (κ1) is 18.9. The molecule has 0 aromatic carbocycles. The Morgan fingerprint density at radius 1 is 1.30 bits per heavy atom. The number of rotatable bonds is 5. The summed E-state index contributed by atoms with van der Waals surface area (Å²) >= 11 is 1.06. The molecule has 0 radical (unpaired) electrons. The number of nitrogens with zero attached hydrogens (tertiary/aromatic N) is 1. The number of amides is 3. The first-order valence-corrected chi connectivity index (χ1v) is 7.89. The van der Waals surface area contributed by atoms with Crippen molar-refractivity contribution in [2.24, 2.45) is 0 Å². The molecule has 1 aromatic rings. The Kier molecular flexibility index (Phi) is 6.49. The molecule has 23 heavy (non-hydrogen) atoms. The highest BCUT2D eigenvalue weighted by atomic mass is 32.1. The number of esters is 1. The van der Waals surface area contributed by atoms with Crippen LogP contribution >= 0.6 is 11.3 Å². The molecule has 128 valence electrons. The van der Waals surface area contributed by atoms with Gasteiger partial charge in [0.1, 0.15) is 0 Å². The maximum absolute atomic E-state index is 11.6. The predicted octanol–water partition coefficient (Wildman–Crippen LogP) is 0.776. The largest absolute Gasteiger partial charge is 0.456 e. The van der Waals surface area contributed by atoms with Gasteiger partial charge in [0, 0.05) is 23.2 Å². The fraction of sp³-hybridized carbons (Fsp3) is 0.571. The maximum Gasteiger partial charge on any atom is 0.321 e. The van der Waals surface area contributed by atoms with Gasteiger partial charge in [0.25, 0.3) is 5.91 Å². The van der Waals surface area contributed by atoms with Crippen LogP contribution in [0, 0.1) is 6.92 Å². The van der Waals surface area contributed by atoms with Crippen molar-refractivity contribution in [3.8, 4) is 0 Å². The van der Waals surface area contributed by atoms with Crippen molar-refractivity contribution in [2.75, 3.05) is 6.61 Å². The van der Waals surface area contributed by atoms with Crippen LogP contribution in [0.15, 0.2) is 10.2 Å². The molecule has 0 spiro atoms. The van der Waals surface area contributed by atoms with Crippen molar-refractivity contribution in [2.45, 2.75) is 46.2 Å². The number of nitrogens with one attached hydrogen (secondary N) is 2. The average Bonchev–Trinajstić information content (AvgIpc) is 2.71. The second-order valence-electron chi connectivity index (χ2n) is 5.96. The Hall–Kier alpha value is -2.16. The van der Waals surface area contributed by atoms with Gasteiger partial charge in [-0.25, -0.2) is 4.79 Å². The number of hydrogen-bond donors (Lipinski definition) is 2. The third-order valence-corrected chi connectivity index (χ3v) is 3.50. The SMILES string of the molecule is Cc1csc(=O)n1CCC(=O)OCC(=O)NC(=O)NC(C)(C)C. The molecule has 9 heteroatoms. The summed E-state index contributed by atoms with van der Waals surface area (Å²) in [5.74, 6) is -1.34. The van der Waals surface area contributed by atoms with Crippen molar-refractivity contribution in [3.63, 3.8) is 0 Å². The number of aryl methyl sites for hydroxylation is 1. The lowest BCUT2D eigenvalue weighted by molar-refractivity contribution is -0.148. The summed E-state index contributed by atoms with van der Waals surface area (Å²) in [4.78, 5) is 45.8. The second-order valence-corrected chi connectivity index (χ2v) is 6.78. The van der Waals surface area contributed by atoms with Gasteiger partial charge in [-0.1, -0.05) is 11.3 Å². The van der Waals surface area contributed by atoms with Crippen LogP contribution in [0.4, 0.5) is 4.79 Å². The zero-order valence-corrected chi connectivity index (χ0v) is 14.4. The van der Waals surface area contributed by atoms with E-state index in [2.05, 4.69) is 10.6 Å². The van der Waals surface area contributed by atoms with E-state index < -0.39 is 30.1 Å². The fourth-order valence-electron chi connectivity index (χ4n) is 1.63. The first-order valence-electron chi connectivity index (χ1n) is 7.01. The van der Waals surface area contributed by atoms with Crippen LogP contribution in [0.5, 0.6) is 0 Å². The van der Waals surface area contributed by atoms with E-state index in [0.717, 1.165) is 17.0 Å². The van der Waals surface area contributed by atoms with Crippen LogP contribution in [-0.4, -0.2) is 34.6 Å². The molecular weight excluding hydrogens is 322 g/mol. The molecule has 1 rings (SSSR count). The van der Waals surface area contributed by atoms with E-state index in [1.165, 1.54) is 4.57 Å². The van der Waals surface area contributed by atoms with Crippen LogP contribution < -0.4 is 15.5 Å². The molecule has 0 atom stereocenters. The Morgan fingerprint density at radius 3 is 2.48 bits per heavy atom. The highest BCUT2D eigenvalue weighted by Gasteiger charge is 2.16. The number of carbonyl (C=O) groups excluding carboxylic acids is 3. The quantitative estimate of drug-likeness (QED) is 0.768. The zero-order chi connectivity index (χ0) is 17.6. The average molecular weight is 343 g/mol. The number of carbonyl (C=O) groups is 3. The third kappa shape index (κ3) is 7.09. The molecule has 0 saturated heterocycles. The van der Waals surface area contributed by atoms with E-state index in [0.29, 0.717) is 0 Å². The lowest BCUT2D eigenvalue weighted by Crippen LogP contribution is -2.49. The summed E-state index contributed by atoms with van der Waals surface area (Å²) in [5.41, 5.74) is 0.288. The highest BCUT2D eigenvalue weighted by Crippen LogP contribution is 2.01. The number of urea groups is 1. The van der Waals surface area contributed by atoms with Crippen molar-refractivity contribution in [3.05, 3.63) is 20.7 Å². The molecule has 0 fully saturated rings. The van der Waals surface area contributed by atoms with Crippen molar-refractivity contribution in [1.82, 2.24) is 15.2 Å². The molecule has 8 nitrogen and oxygen atoms in total. The minimum Gasteiger partial charge on any atom is -0.456 e. The van der Waals surface area contributed by atoms with Crippen LogP contribution in [0.25, 0.3) is 0 Å². The summed E-state index contributed by atoms with van der Waals surface area (Å²) < 4.78 is 6.23. The number of thiazole rings is 1. The van der Waals surface area contributed by atoms with Crippen LogP contribution in [0.1, 0.15) is 32.9 Å². The lowest BCUT2D eigenvalue weighted by atomic mass is 10.1. The summed E-state index contributed by atoms with van der Waals surface area (Å²) in [7, 11) is 0. The molecule has 0 saturated carbocycles. The van der Waals surface area contributed by atoms with E-state index in [1.807, 2.05) is 0 Å². The van der Waals surface area contributed by atoms with Gasteiger partial charge in [-0.3, -0.25) is 19.7 Å². The normalized spacial score (nSPS) is 11.0. The molecule has 0 bridgehead atoms. The van der Waals surface area contributed by atoms with Crippen molar-refractivity contribution in [1.29, 1.82) is 0 Å². The molecule has 1 heterocycles. The number of imide groups is 1. The van der Waals surface area contributed by atoms with Gasteiger partial charge >= 0.3 is 16.9 Å². The summed E-state index contributed by atoms with van der Waals surface area (Å²) in [6, 6.07) is -0.654. The highest BCUT2D eigenvalue weighted by molar-refractivity contribution is 7.07. The van der Waals surface area contributed by atoms with Gasteiger partial charge in [-0.05, 0) is 27.7 Å². The van der Waals surface area contributed by atoms with Crippen LogP contribution in [0.3, 0.4) is 0 Å². The van der Waals surface area contributed by atoms with Crippen molar-refractivity contribution < 1.29 is 19.1 Å². The van der Waals surface area contributed by atoms with E-state index in [1.54, 1.807) is 33.1 Å². The number of ether oxygens (including phenoxy) is 1. The molecular formula is C14H21N3O5S. The molecule has 0 aliphatic heterocycles. The summed E-state index contributed by atoms with van der Waals surface area (Å²) in [5, 5.41) is 6.31. The minimum absolute atomic E-state index is 0.0288. The topological polar surface area (TPSA) is 106 Å². The molecule has 0 aliphatic carbocycles. The Balaban J connectivity index is 2.32. The Labute approximate surface area is 137 Å². The Morgan fingerprint density at radius 2 is 1.96 bits per heavy atom. The molecule has 0 unspecified atom stereocenters. The van der Waals surface area contributed by atoms with E-state index in [4.69, 9.17) is 4.74 Å². The van der Waals surface area contributed by atoms with Gasteiger partial charge < -0.3 is 14.6 Å². The van der Waals surface area contributed by atoms with E-state index >= 15 is 0 Å². The predicted molar refractivity (Wildman–Crippen MR) is 85.3 cm³/mol. The van der Waals surface area contributed by atoms with Gasteiger partial charge in [0.05, 0.1) is 6.42 Å². The maximum atomic E-state index is 11.6.